The Labute approximate surface area is 89.4 Å². The molecule has 3 heteroatoms. The molecular weight excluding hydrogens is 190 g/mol. The normalized spacial score (nSPS) is 20.9. The standard InChI is InChI=1S/C12H15NO2/c1-14-9-2-3-11-10(6-9)13-7-12(4-5-12)8-15-11/h2-3,6,13H,4-5,7-8H2,1H3. The minimum atomic E-state index is 0.409. The van der Waals surface area contributed by atoms with E-state index in [2.05, 4.69) is 5.32 Å². The summed E-state index contributed by atoms with van der Waals surface area (Å²) in [6, 6.07) is 5.91. The second-order valence-electron chi connectivity index (χ2n) is 4.50. The van der Waals surface area contributed by atoms with Gasteiger partial charge in [0.1, 0.15) is 11.5 Å². The van der Waals surface area contributed by atoms with Crippen molar-refractivity contribution in [2.45, 2.75) is 12.8 Å². The van der Waals surface area contributed by atoms with Crippen molar-refractivity contribution in [3.63, 3.8) is 0 Å². The van der Waals surface area contributed by atoms with Gasteiger partial charge in [0.15, 0.2) is 0 Å². The monoisotopic (exact) mass is 205 g/mol. The van der Waals surface area contributed by atoms with Crippen LogP contribution in [0.15, 0.2) is 18.2 Å². The maximum absolute atomic E-state index is 5.81. The average Bonchev–Trinajstić information content (AvgIpc) is 3.07. The number of methoxy groups -OCH3 is 1. The second kappa shape index (κ2) is 3.05. The van der Waals surface area contributed by atoms with E-state index in [4.69, 9.17) is 9.47 Å². The van der Waals surface area contributed by atoms with Gasteiger partial charge in [-0.15, -0.1) is 0 Å². The molecule has 1 heterocycles. The zero-order valence-corrected chi connectivity index (χ0v) is 8.88. The number of hydrogen-bond donors (Lipinski definition) is 1. The lowest BCUT2D eigenvalue weighted by Crippen LogP contribution is -2.18. The lowest BCUT2D eigenvalue weighted by atomic mass is 10.1. The molecule has 0 bridgehead atoms. The van der Waals surface area contributed by atoms with Gasteiger partial charge in [0.2, 0.25) is 0 Å². The van der Waals surface area contributed by atoms with Crippen molar-refractivity contribution in [1.82, 2.24) is 0 Å². The van der Waals surface area contributed by atoms with Gasteiger partial charge in [0.25, 0.3) is 0 Å². The Balaban J connectivity index is 1.89. The summed E-state index contributed by atoms with van der Waals surface area (Å²) in [4.78, 5) is 0. The molecule has 1 saturated carbocycles. The van der Waals surface area contributed by atoms with Gasteiger partial charge in [-0.05, 0) is 25.0 Å². The Bertz CT molecular complexity index is 385. The maximum atomic E-state index is 5.81. The van der Waals surface area contributed by atoms with E-state index in [0.29, 0.717) is 5.41 Å². The fourth-order valence-electron chi connectivity index (χ4n) is 1.96. The van der Waals surface area contributed by atoms with Crippen molar-refractivity contribution in [2.75, 3.05) is 25.6 Å². The van der Waals surface area contributed by atoms with Gasteiger partial charge in [0.05, 0.1) is 19.4 Å². The van der Waals surface area contributed by atoms with Gasteiger partial charge in [-0.2, -0.15) is 0 Å². The summed E-state index contributed by atoms with van der Waals surface area (Å²) in [5, 5.41) is 3.45. The van der Waals surface area contributed by atoms with Crippen LogP contribution in [0.2, 0.25) is 0 Å². The summed E-state index contributed by atoms with van der Waals surface area (Å²) in [7, 11) is 1.68. The van der Waals surface area contributed by atoms with Gasteiger partial charge in [-0.3, -0.25) is 0 Å². The number of nitrogens with one attached hydrogen (secondary N) is 1. The third kappa shape index (κ3) is 1.52. The van der Waals surface area contributed by atoms with Crippen LogP contribution in [0.5, 0.6) is 11.5 Å². The van der Waals surface area contributed by atoms with Crippen LogP contribution in [0.1, 0.15) is 12.8 Å². The van der Waals surface area contributed by atoms with Gasteiger partial charge in [-0.1, -0.05) is 0 Å². The van der Waals surface area contributed by atoms with E-state index < -0.39 is 0 Å². The molecule has 1 aliphatic heterocycles. The zero-order chi connectivity index (χ0) is 10.3. The summed E-state index contributed by atoms with van der Waals surface area (Å²) in [5.74, 6) is 1.82. The zero-order valence-electron chi connectivity index (χ0n) is 8.88. The SMILES string of the molecule is COc1ccc2c(c1)NCC1(CC1)CO2. The molecule has 15 heavy (non-hydrogen) atoms. The van der Waals surface area contributed by atoms with E-state index in [1.807, 2.05) is 18.2 Å². The molecule has 1 aromatic rings. The van der Waals surface area contributed by atoms with Crippen LogP contribution < -0.4 is 14.8 Å². The molecule has 0 radical (unpaired) electrons. The number of rotatable bonds is 1. The van der Waals surface area contributed by atoms with E-state index >= 15 is 0 Å². The van der Waals surface area contributed by atoms with Crippen molar-refractivity contribution in [3.8, 4) is 11.5 Å². The summed E-state index contributed by atoms with van der Waals surface area (Å²) in [6.07, 6.45) is 2.57. The van der Waals surface area contributed by atoms with Crippen LogP contribution in [0.3, 0.4) is 0 Å². The van der Waals surface area contributed by atoms with Crippen LogP contribution in [-0.2, 0) is 0 Å². The van der Waals surface area contributed by atoms with Crippen molar-refractivity contribution in [3.05, 3.63) is 18.2 Å². The Kier molecular flexibility index (Phi) is 1.81. The largest absolute Gasteiger partial charge is 0.497 e. The molecule has 1 spiro atoms. The van der Waals surface area contributed by atoms with Crippen LogP contribution >= 0.6 is 0 Å². The second-order valence-corrected chi connectivity index (χ2v) is 4.50. The molecule has 1 aliphatic carbocycles. The highest BCUT2D eigenvalue weighted by Gasteiger charge is 2.44. The molecule has 3 nitrogen and oxygen atoms in total. The molecule has 0 saturated heterocycles. The van der Waals surface area contributed by atoms with Gasteiger partial charge < -0.3 is 14.8 Å². The molecule has 80 valence electrons. The van der Waals surface area contributed by atoms with Crippen molar-refractivity contribution in [2.24, 2.45) is 5.41 Å². The van der Waals surface area contributed by atoms with E-state index in [9.17, 15) is 0 Å². The molecule has 1 fully saturated rings. The van der Waals surface area contributed by atoms with Crippen molar-refractivity contribution in [1.29, 1.82) is 0 Å². The number of benzene rings is 1. The number of fused-ring (bicyclic) bond motifs is 1. The summed E-state index contributed by atoms with van der Waals surface area (Å²) in [5.41, 5.74) is 1.46. The first kappa shape index (κ1) is 8.89. The third-order valence-corrected chi connectivity index (χ3v) is 3.33. The van der Waals surface area contributed by atoms with Gasteiger partial charge in [0, 0.05) is 18.0 Å². The Morgan fingerprint density at radius 3 is 3.00 bits per heavy atom. The van der Waals surface area contributed by atoms with Crippen molar-refractivity contribution < 1.29 is 9.47 Å². The van der Waals surface area contributed by atoms with E-state index in [1.165, 1.54) is 12.8 Å². The summed E-state index contributed by atoms with van der Waals surface area (Å²) < 4.78 is 11.0. The first-order valence-electron chi connectivity index (χ1n) is 5.36. The molecule has 1 aromatic carbocycles. The molecule has 2 aliphatic rings. The van der Waals surface area contributed by atoms with Crippen LogP contribution in [0.4, 0.5) is 5.69 Å². The first-order valence-corrected chi connectivity index (χ1v) is 5.36. The fraction of sp³-hybridized carbons (Fsp3) is 0.500. The van der Waals surface area contributed by atoms with Crippen LogP contribution in [0.25, 0.3) is 0 Å². The molecule has 0 unspecified atom stereocenters. The number of anilines is 1. The molecule has 0 atom stereocenters. The Morgan fingerprint density at radius 1 is 1.40 bits per heavy atom. The number of ether oxygens (including phenoxy) is 2. The van der Waals surface area contributed by atoms with Crippen LogP contribution in [0, 0.1) is 5.41 Å². The highest BCUT2D eigenvalue weighted by atomic mass is 16.5. The lowest BCUT2D eigenvalue weighted by molar-refractivity contribution is 0.251. The Hall–Kier alpha value is -1.38. The Morgan fingerprint density at radius 2 is 2.27 bits per heavy atom. The van der Waals surface area contributed by atoms with E-state index in [1.54, 1.807) is 7.11 Å². The average molecular weight is 205 g/mol. The molecule has 0 aromatic heterocycles. The highest BCUT2D eigenvalue weighted by Crippen LogP contribution is 2.48. The smallest absolute Gasteiger partial charge is 0.142 e. The predicted molar refractivity (Wildman–Crippen MR) is 58.6 cm³/mol. The highest BCUT2D eigenvalue weighted by molar-refractivity contribution is 5.60. The number of hydrogen-bond acceptors (Lipinski definition) is 3. The van der Waals surface area contributed by atoms with Crippen LogP contribution in [-0.4, -0.2) is 20.3 Å². The maximum Gasteiger partial charge on any atom is 0.142 e. The lowest BCUT2D eigenvalue weighted by Gasteiger charge is -2.09. The molecular formula is C12H15NO2. The summed E-state index contributed by atoms with van der Waals surface area (Å²) in [6.45, 7) is 1.87. The van der Waals surface area contributed by atoms with Gasteiger partial charge >= 0.3 is 0 Å². The first-order chi connectivity index (χ1) is 7.31. The summed E-state index contributed by atoms with van der Waals surface area (Å²) >= 11 is 0. The minimum absolute atomic E-state index is 0.409. The van der Waals surface area contributed by atoms with E-state index in [0.717, 1.165) is 30.3 Å². The minimum Gasteiger partial charge on any atom is -0.497 e. The van der Waals surface area contributed by atoms with E-state index in [-0.39, 0.29) is 0 Å². The third-order valence-electron chi connectivity index (χ3n) is 3.33. The quantitative estimate of drug-likeness (QED) is 0.763. The predicted octanol–water partition coefficient (Wildman–Crippen LogP) is 2.28. The molecule has 1 N–H and O–H groups in total. The van der Waals surface area contributed by atoms with Crippen molar-refractivity contribution >= 4 is 5.69 Å². The van der Waals surface area contributed by atoms with Gasteiger partial charge in [-0.25, -0.2) is 0 Å². The molecule has 0 amide bonds. The topological polar surface area (TPSA) is 30.5 Å². The fourth-order valence-corrected chi connectivity index (χ4v) is 1.96. The molecule has 3 rings (SSSR count).